The van der Waals surface area contributed by atoms with Crippen molar-refractivity contribution < 1.29 is 9.90 Å². The number of aliphatic imine (C=N–C) groups is 1. The number of nitriles is 1. The second kappa shape index (κ2) is 7.29. The second-order valence-electron chi connectivity index (χ2n) is 4.23. The molecular formula is C16H13N3O2S. The Labute approximate surface area is 132 Å². The Morgan fingerprint density at radius 3 is 2.55 bits per heavy atom. The van der Waals surface area contributed by atoms with Crippen LogP contribution in [-0.4, -0.2) is 22.5 Å². The van der Waals surface area contributed by atoms with Crippen LogP contribution >= 0.6 is 11.8 Å². The van der Waals surface area contributed by atoms with E-state index in [0.717, 1.165) is 5.56 Å². The molecule has 0 bridgehead atoms. The molecule has 0 heterocycles. The average molecular weight is 311 g/mol. The minimum Gasteiger partial charge on any atom is -0.478 e. The molecule has 0 saturated carbocycles. The number of rotatable bonds is 3. The smallest absolute Gasteiger partial charge is 0.336 e. The third-order valence-corrected chi connectivity index (χ3v) is 3.49. The summed E-state index contributed by atoms with van der Waals surface area (Å²) in [6.45, 7) is 0. The third kappa shape index (κ3) is 3.45. The van der Waals surface area contributed by atoms with Crippen molar-refractivity contribution in [2.75, 3.05) is 6.26 Å². The number of carboxylic acids is 1. The van der Waals surface area contributed by atoms with Crippen molar-refractivity contribution in [3.63, 3.8) is 0 Å². The van der Waals surface area contributed by atoms with E-state index in [0.29, 0.717) is 16.4 Å². The number of nitrogens with zero attached hydrogens (tertiary/aromatic N) is 2. The first kappa shape index (κ1) is 15.6. The summed E-state index contributed by atoms with van der Waals surface area (Å²) in [5.41, 5.74) is 1.96. The van der Waals surface area contributed by atoms with Crippen LogP contribution in [0.3, 0.4) is 0 Å². The second-order valence-corrected chi connectivity index (χ2v) is 5.02. The lowest BCUT2D eigenvalue weighted by atomic mass is 9.98. The summed E-state index contributed by atoms with van der Waals surface area (Å²) in [4.78, 5) is 15.9. The van der Waals surface area contributed by atoms with Gasteiger partial charge in [0.2, 0.25) is 0 Å². The van der Waals surface area contributed by atoms with Gasteiger partial charge >= 0.3 is 5.97 Å². The van der Waals surface area contributed by atoms with Crippen molar-refractivity contribution >= 4 is 28.6 Å². The van der Waals surface area contributed by atoms with Crippen LogP contribution in [0.25, 0.3) is 11.1 Å². The Morgan fingerprint density at radius 1 is 1.23 bits per heavy atom. The number of hydrogen-bond acceptors (Lipinski definition) is 4. The van der Waals surface area contributed by atoms with Gasteiger partial charge < -0.3 is 5.11 Å². The molecule has 0 aliphatic heterocycles. The Morgan fingerprint density at radius 2 is 1.95 bits per heavy atom. The normalized spacial score (nSPS) is 10.8. The molecule has 2 rings (SSSR count). The Hall–Kier alpha value is -2.78. The number of nitrogens with one attached hydrogen (secondary N) is 1. The van der Waals surface area contributed by atoms with Gasteiger partial charge in [-0.05, 0) is 24.0 Å². The molecule has 0 aromatic heterocycles. The van der Waals surface area contributed by atoms with Crippen molar-refractivity contribution in [3.8, 4) is 17.3 Å². The van der Waals surface area contributed by atoms with Crippen LogP contribution in [0.5, 0.6) is 0 Å². The fourth-order valence-electron chi connectivity index (χ4n) is 2.00. The molecule has 2 aromatic carbocycles. The summed E-state index contributed by atoms with van der Waals surface area (Å²) >= 11 is 1.28. The molecule has 110 valence electrons. The zero-order valence-corrected chi connectivity index (χ0v) is 12.6. The predicted molar refractivity (Wildman–Crippen MR) is 88.2 cm³/mol. The lowest BCUT2D eigenvalue weighted by molar-refractivity contribution is 0.0697. The average Bonchev–Trinajstić information content (AvgIpc) is 2.55. The molecule has 0 aliphatic rings. The van der Waals surface area contributed by atoms with Crippen molar-refractivity contribution in [2.45, 2.75) is 0 Å². The summed E-state index contributed by atoms with van der Waals surface area (Å²) in [5, 5.41) is 21.0. The molecule has 5 nitrogen and oxygen atoms in total. The fourth-order valence-corrected chi connectivity index (χ4v) is 2.34. The first-order valence-corrected chi connectivity index (χ1v) is 7.59. The summed E-state index contributed by atoms with van der Waals surface area (Å²) in [6, 6.07) is 14.1. The van der Waals surface area contributed by atoms with Crippen molar-refractivity contribution in [3.05, 3.63) is 54.1 Å². The van der Waals surface area contributed by atoms with Gasteiger partial charge in [0.15, 0.2) is 11.4 Å². The van der Waals surface area contributed by atoms with Crippen LogP contribution in [0.2, 0.25) is 0 Å². The van der Waals surface area contributed by atoms with E-state index in [2.05, 4.69) is 10.3 Å². The van der Waals surface area contributed by atoms with Crippen LogP contribution in [-0.2, 0) is 0 Å². The van der Waals surface area contributed by atoms with E-state index in [1.165, 1.54) is 11.8 Å². The molecule has 22 heavy (non-hydrogen) atoms. The van der Waals surface area contributed by atoms with Crippen LogP contribution in [0.15, 0.2) is 53.5 Å². The molecule has 0 aliphatic carbocycles. The third-order valence-electron chi connectivity index (χ3n) is 2.91. The molecule has 2 aromatic rings. The minimum absolute atomic E-state index is 0.171. The number of carboxylic acid groups (broad SMARTS) is 1. The van der Waals surface area contributed by atoms with Crippen LogP contribution < -0.4 is 5.32 Å². The maximum absolute atomic E-state index is 11.5. The molecule has 0 saturated heterocycles. The highest BCUT2D eigenvalue weighted by atomic mass is 32.2. The van der Waals surface area contributed by atoms with Gasteiger partial charge in [-0.2, -0.15) is 5.26 Å². The SMILES string of the molecule is CSC(=Nc1cccc(C(=O)O)c1-c1ccccc1)NC#N. The topological polar surface area (TPSA) is 85.5 Å². The predicted octanol–water partition coefficient (Wildman–Crippen LogP) is 3.47. The number of amidine groups is 1. The lowest BCUT2D eigenvalue weighted by Crippen LogP contribution is -2.12. The summed E-state index contributed by atoms with van der Waals surface area (Å²) < 4.78 is 0. The highest BCUT2D eigenvalue weighted by molar-refractivity contribution is 8.13. The number of hydrogen-bond donors (Lipinski definition) is 2. The quantitative estimate of drug-likeness (QED) is 0.392. The van der Waals surface area contributed by atoms with Gasteiger partial charge in [0, 0.05) is 5.56 Å². The zero-order valence-electron chi connectivity index (χ0n) is 11.8. The Kier molecular flexibility index (Phi) is 5.17. The Bertz CT molecular complexity index is 752. The van der Waals surface area contributed by atoms with E-state index < -0.39 is 5.97 Å². The van der Waals surface area contributed by atoms with Crippen molar-refractivity contribution in [1.82, 2.24) is 5.32 Å². The fraction of sp³-hybridized carbons (Fsp3) is 0.0625. The number of aromatic carboxylic acids is 1. The summed E-state index contributed by atoms with van der Waals surface area (Å²) in [5.74, 6) is -1.02. The van der Waals surface area contributed by atoms with Gasteiger partial charge in [-0.1, -0.05) is 48.2 Å². The van der Waals surface area contributed by atoms with Crippen LogP contribution in [0, 0.1) is 11.5 Å². The van der Waals surface area contributed by atoms with Gasteiger partial charge in [0.05, 0.1) is 11.3 Å². The highest BCUT2D eigenvalue weighted by Crippen LogP contribution is 2.34. The molecule has 0 atom stereocenters. The van der Waals surface area contributed by atoms with E-state index in [1.54, 1.807) is 24.5 Å². The summed E-state index contributed by atoms with van der Waals surface area (Å²) in [7, 11) is 0. The molecule has 0 fully saturated rings. The maximum atomic E-state index is 11.5. The number of benzene rings is 2. The van der Waals surface area contributed by atoms with E-state index in [4.69, 9.17) is 5.26 Å². The van der Waals surface area contributed by atoms with E-state index >= 15 is 0 Å². The van der Waals surface area contributed by atoms with E-state index in [1.807, 2.05) is 36.5 Å². The van der Waals surface area contributed by atoms with Gasteiger partial charge in [-0.3, -0.25) is 5.32 Å². The van der Waals surface area contributed by atoms with Crippen molar-refractivity contribution in [2.24, 2.45) is 4.99 Å². The first-order chi connectivity index (χ1) is 10.7. The minimum atomic E-state index is -1.02. The molecule has 0 radical (unpaired) electrons. The van der Waals surface area contributed by atoms with Crippen LogP contribution in [0.1, 0.15) is 10.4 Å². The Balaban J connectivity index is 2.67. The molecular weight excluding hydrogens is 298 g/mol. The van der Waals surface area contributed by atoms with Gasteiger partial charge in [0.25, 0.3) is 0 Å². The van der Waals surface area contributed by atoms with Gasteiger partial charge in [-0.15, -0.1) is 0 Å². The standard InChI is InChI=1S/C16H13N3O2S/c1-22-16(18-10-17)19-13-9-5-8-12(15(20)21)14(13)11-6-3-2-4-7-11/h2-9H,1H3,(H,18,19)(H,20,21). The first-order valence-electron chi connectivity index (χ1n) is 6.37. The lowest BCUT2D eigenvalue weighted by Gasteiger charge is -2.11. The monoisotopic (exact) mass is 311 g/mol. The molecule has 2 N–H and O–H groups in total. The molecule has 0 unspecified atom stereocenters. The molecule has 0 amide bonds. The highest BCUT2D eigenvalue weighted by Gasteiger charge is 2.15. The van der Waals surface area contributed by atoms with Crippen molar-refractivity contribution in [1.29, 1.82) is 5.26 Å². The number of thioether (sulfide) groups is 1. The summed E-state index contributed by atoms with van der Waals surface area (Å²) in [6.07, 6.45) is 3.60. The molecule has 6 heteroatoms. The zero-order chi connectivity index (χ0) is 15.9. The molecule has 0 spiro atoms. The van der Waals surface area contributed by atoms with Crippen LogP contribution in [0.4, 0.5) is 5.69 Å². The largest absolute Gasteiger partial charge is 0.478 e. The van der Waals surface area contributed by atoms with E-state index in [9.17, 15) is 9.90 Å². The van der Waals surface area contributed by atoms with E-state index in [-0.39, 0.29) is 5.56 Å². The van der Waals surface area contributed by atoms with Gasteiger partial charge in [0.1, 0.15) is 0 Å². The number of carbonyl (C=O) groups is 1. The maximum Gasteiger partial charge on any atom is 0.336 e. The van der Waals surface area contributed by atoms with Gasteiger partial charge in [-0.25, -0.2) is 9.79 Å².